The van der Waals surface area contributed by atoms with E-state index in [0.717, 1.165) is 33.5 Å². The standard InChI is InChI=1S/C19H13NO/c1-2-7-14(8-3-1)16-13-15-9-4-5-10-17(15)20-19(16)18-11-6-12-21-18/h1-13H. The summed E-state index contributed by atoms with van der Waals surface area (Å²) in [5.41, 5.74) is 4.08. The molecule has 0 radical (unpaired) electrons. The third kappa shape index (κ3) is 2.11. The van der Waals surface area contributed by atoms with E-state index in [1.807, 2.05) is 48.5 Å². The summed E-state index contributed by atoms with van der Waals surface area (Å²) in [5, 5.41) is 1.13. The van der Waals surface area contributed by atoms with Crippen molar-refractivity contribution < 1.29 is 4.42 Å². The SMILES string of the molecule is c1ccc(-c2cc3ccccc3nc2-c2ccco2)cc1. The maximum atomic E-state index is 5.57. The van der Waals surface area contributed by atoms with Gasteiger partial charge in [0.1, 0.15) is 5.69 Å². The Hall–Kier alpha value is -2.87. The number of furan rings is 1. The van der Waals surface area contributed by atoms with Crippen molar-refractivity contribution in [3.05, 3.63) is 79.1 Å². The number of nitrogens with zero attached hydrogens (tertiary/aromatic N) is 1. The summed E-state index contributed by atoms with van der Waals surface area (Å²) in [6, 6.07) is 24.4. The van der Waals surface area contributed by atoms with Crippen LogP contribution in [0.2, 0.25) is 0 Å². The Bertz CT molecular complexity index is 880. The molecule has 2 nitrogen and oxygen atoms in total. The van der Waals surface area contributed by atoms with E-state index in [9.17, 15) is 0 Å². The molecule has 0 fully saturated rings. The summed E-state index contributed by atoms with van der Waals surface area (Å²) in [4.78, 5) is 4.80. The van der Waals surface area contributed by atoms with Crippen LogP contribution in [-0.2, 0) is 0 Å². The lowest BCUT2D eigenvalue weighted by Crippen LogP contribution is -1.90. The highest BCUT2D eigenvalue weighted by molar-refractivity contribution is 5.90. The van der Waals surface area contributed by atoms with Crippen LogP contribution >= 0.6 is 0 Å². The number of para-hydroxylation sites is 1. The summed E-state index contributed by atoms with van der Waals surface area (Å²) in [6.07, 6.45) is 1.68. The fourth-order valence-corrected chi connectivity index (χ4v) is 2.55. The maximum absolute atomic E-state index is 5.57. The van der Waals surface area contributed by atoms with Gasteiger partial charge in [-0.2, -0.15) is 0 Å². The fourth-order valence-electron chi connectivity index (χ4n) is 2.55. The molecule has 2 heteroatoms. The van der Waals surface area contributed by atoms with Crippen molar-refractivity contribution in [3.8, 4) is 22.6 Å². The Morgan fingerprint density at radius 2 is 1.57 bits per heavy atom. The van der Waals surface area contributed by atoms with Crippen LogP contribution in [0.5, 0.6) is 0 Å². The van der Waals surface area contributed by atoms with Crippen molar-refractivity contribution in [2.24, 2.45) is 0 Å². The van der Waals surface area contributed by atoms with Crippen molar-refractivity contribution in [3.63, 3.8) is 0 Å². The largest absolute Gasteiger partial charge is 0.463 e. The van der Waals surface area contributed by atoms with Gasteiger partial charge in [0, 0.05) is 10.9 Å². The van der Waals surface area contributed by atoms with Crippen molar-refractivity contribution in [2.75, 3.05) is 0 Å². The Morgan fingerprint density at radius 1 is 0.762 bits per heavy atom. The van der Waals surface area contributed by atoms with Crippen molar-refractivity contribution in [1.29, 1.82) is 0 Å². The maximum Gasteiger partial charge on any atom is 0.152 e. The van der Waals surface area contributed by atoms with Gasteiger partial charge in [-0.25, -0.2) is 4.98 Å². The highest BCUT2D eigenvalue weighted by Gasteiger charge is 2.12. The molecule has 0 saturated heterocycles. The van der Waals surface area contributed by atoms with Gasteiger partial charge in [0.2, 0.25) is 0 Å². The molecule has 2 aromatic carbocycles. The van der Waals surface area contributed by atoms with Crippen LogP contribution in [0.4, 0.5) is 0 Å². The zero-order valence-corrected chi connectivity index (χ0v) is 11.4. The molecule has 4 rings (SSSR count). The summed E-state index contributed by atoms with van der Waals surface area (Å²) in [7, 11) is 0. The molecule has 21 heavy (non-hydrogen) atoms. The lowest BCUT2D eigenvalue weighted by atomic mass is 10.0. The molecule has 2 heterocycles. The third-order valence-electron chi connectivity index (χ3n) is 3.56. The summed E-state index contributed by atoms with van der Waals surface area (Å²) in [5.74, 6) is 0.791. The predicted molar refractivity (Wildman–Crippen MR) is 84.9 cm³/mol. The molecule has 0 aliphatic carbocycles. The minimum atomic E-state index is 0.791. The average molecular weight is 271 g/mol. The molecule has 0 atom stereocenters. The highest BCUT2D eigenvalue weighted by Crippen LogP contribution is 2.33. The second kappa shape index (κ2) is 4.91. The molecule has 0 aliphatic rings. The molecular formula is C19H13NO. The molecule has 0 bridgehead atoms. The van der Waals surface area contributed by atoms with Crippen molar-refractivity contribution >= 4 is 10.9 Å². The van der Waals surface area contributed by atoms with Crippen LogP contribution in [0.3, 0.4) is 0 Å². The Balaban J connectivity index is 2.05. The first-order valence-corrected chi connectivity index (χ1v) is 6.91. The quantitative estimate of drug-likeness (QED) is 0.503. The van der Waals surface area contributed by atoms with Gasteiger partial charge < -0.3 is 4.42 Å². The highest BCUT2D eigenvalue weighted by atomic mass is 16.3. The van der Waals surface area contributed by atoms with Crippen molar-refractivity contribution in [2.45, 2.75) is 0 Å². The zero-order chi connectivity index (χ0) is 14.1. The minimum absolute atomic E-state index is 0.791. The third-order valence-corrected chi connectivity index (χ3v) is 3.56. The molecule has 0 aliphatic heterocycles. The molecule has 0 N–H and O–H groups in total. The van der Waals surface area contributed by atoms with Gasteiger partial charge in [-0.15, -0.1) is 0 Å². The van der Waals surface area contributed by atoms with E-state index in [0.29, 0.717) is 0 Å². The lowest BCUT2D eigenvalue weighted by Gasteiger charge is -2.09. The van der Waals surface area contributed by atoms with Gasteiger partial charge in [0.05, 0.1) is 11.8 Å². The van der Waals surface area contributed by atoms with Crippen LogP contribution in [0.1, 0.15) is 0 Å². The molecule has 0 amide bonds. The zero-order valence-electron chi connectivity index (χ0n) is 11.4. The van der Waals surface area contributed by atoms with Crippen LogP contribution in [-0.4, -0.2) is 4.98 Å². The minimum Gasteiger partial charge on any atom is -0.463 e. The van der Waals surface area contributed by atoms with E-state index in [1.54, 1.807) is 6.26 Å². The first-order valence-electron chi connectivity index (χ1n) is 6.91. The molecule has 2 aromatic heterocycles. The van der Waals surface area contributed by atoms with Crippen LogP contribution in [0.15, 0.2) is 83.5 Å². The van der Waals surface area contributed by atoms with Crippen LogP contribution in [0, 0.1) is 0 Å². The van der Waals surface area contributed by atoms with Crippen molar-refractivity contribution in [1.82, 2.24) is 4.98 Å². The molecule has 0 saturated carbocycles. The lowest BCUT2D eigenvalue weighted by molar-refractivity contribution is 0.580. The number of hydrogen-bond donors (Lipinski definition) is 0. The topological polar surface area (TPSA) is 26.0 Å². The monoisotopic (exact) mass is 271 g/mol. The van der Waals surface area contributed by atoms with Crippen LogP contribution in [0.25, 0.3) is 33.5 Å². The van der Waals surface area contributed by atoms with Gasteiger partial charge in [-0.3, -0.25) is 0 Å². The van der Waals surface area contributed by atoms with Gasteiger partial charge in [-0.1, -0.05) is 48.5 Å². The first-order chi connectivity index (χ1) is 10.4. The van der Waals surface area contributed by atoms with Crippen LogP contribution < -0.4 is 0 Å². The van der Waals surface area contributed by atoms with E-state index in [-0.39, 0.29) is 0 Å². The predicted octanol–water partition coefficient (Wildman–Crippen LogP) is 5.16. The molecule has 0 spiro atoms. The summed E-state index contributed by atoms with van der Waals surface area (Å²) in [6.45, 7) is 0. The fraction of sp³-hybridized carbons (Fsp3) is 0. The van der Waals surface area contributed by atoms with E-state index in [1.165, 1.54) is 0 Å². The second-order valence-corrected chi connectivity index (χ2v) is 4.92. The first kappa shape index (κ1) is 11.9. The molecule has 4 aromatic rings. The molecule has 100 valence electrons. The Labute approximate surface area is 122 Å². The van der Waals surface area contributed by atoms with E-state index in [4.69, 9.17) is 9.40 Å². The number of benzene rings is 2. The normalized spacial score (nSPS) is 10.9. The Morgan fingerprint density at radius 3 is 2.38 bits per heavy atom. The second-order valence-electron chi connectivity index (χ2n) is 4.92. The van der Waals surface area contributed by atoms with Gasteiger partial charge in [-0.05, 0) is 29.8 Å². The smallest absolute Gasteiger partial charge is 0.152 e. The summed E-state index contributed by atoms with van der Waals surface area (Å²) >= 11 is 0. The van der Waals surface area contributed by atoms with Gasteiger partial charge >= 0.3 is 0 Å². The number of fused-ring (bicyclic) bond motifs is 1. The van der Waals surface area contributed by atoms with E-state index in [2.05, 4.69) is 24.3 Å². The van der Waals surface area contributed by atoms with E-state index >= 15 is 0 Å². The number of pyridine rings is 1. The number of rotatable bonds is 2. The number of hydrogen-bond acceptors (Lipinski definition) is 2. The van der Waals surface area contributed by atoms with Gasteiger partial charge in [0.25, 0.3) is 0 Å². The summed E-state index contributed by atoms with van der Waals surface area (Å²) < 4.78 is 5.57. The molecular weight excluding hydrogens is 258 g/mol. The molecule has 0 unspecified atom stereocenters. The average Bonchev–Trinajstić information content (AvgIpc) is 3.09. The van der Waals surface area contributed by atoms with E-state index < -0.39 is 0 Å². The number of aromatic nitrogens is 1. The van der Waals surface area contributed by atoms with Gasteiger partial charge in [0.15, 0.2) is 5.76 Å². The Kier molecular flexibility index (Phi) is 2.79.